The number of hydrogen-bond donors (Lipinski definition) is 0. The first-order valence-electron chi connectivity index (χ1n) is 5.24. The quantitative estimate of drug-likeness (QED) is 0.601. The maximum absolute atomic E-state index is 13.4. The standard InChI is InChI=1S/C12H15BrFNO/c1-15(12(16)8-4-5-9-13)11-7-3-2-6-10(11)14/h2-3,6-7H,4-5,8-9H2,1H3. The molecule has 88 valence electrons. The Bertz CT molecular complexity index is 357. The van der Waals surface area contributed by atoms with E-state index < -0.39 is 0 Å². The lowest BCUT2D eigenvalue weighted by atomic mass is 10.2. The third-order valence-corrected chi connectivity index (χ3v) is 2.92. The van der Waals surface area contributed by atoms with Crippen molar-refractivity contribution < 1.29 is 9.18 Å². The third kappa shape index (κ3) is 3.59. The van der Waals surface area contributed by atoms with Crippen molar-refractivity contribution in [3.05, 3.63) is 30.1 Å². The van der Waals surface area contributed by atoms with E-state index >= 15 is 0 Å². The largest absolute Gasteiger partial charge is 0.313 e. The number of carbonyl (C=O) groups excluding carboxylic acids is 1. The van der Waals surface area contributed by atoms with Gasteiger partial charge in [0.15, 0.2) is 0 Å². The van der Waals surface area contributed by atoms with E-state index in [1.165, 1.54) is 11.0 Å². The summed E-state index contributed by atoms with van der Waals surface area (Å²) in [5.74, 6) is -0.412. The summed E-state index contributed by atoms with van der Waals surface area (Å²) in [6.45, 7) is 0. The van der Waals surface area contributed by atoms with Crippen molar-refractivity contribution in [1.29, 1.82) is 0 Å². The molecule has 0 saturated carbocycles. The van der Waals surface area contributed by atoms with Crippen LogP contribution in [-0.4, -0.2) is 18.3 Å². The van der Waals surface area contributed by atoms with E-state index in [1.54, 1.807) is 25.2 Å². The molecule has 0 unspecified atom stereocenters. The number of para-hydroxylation sites is 1. The highest BCUT2D eigenvalue weighted by molar-refractivity contribution is 9.09. The SMILES string of the molecule is CN(C(=O)CCCCBr)c1ccccc1F. The molecule has 0 bridgehead atoms. The van der Waals surface area contributed by atoms with Gasteiger partial charge in [0.1, 0.15) is 5.82 Å². The van der Waals surface area contributed by atoms with E-state index in [-0.39, 0.29) is 11.7 Å². The molecule has 1 amide bonds. The van der Waals surface area contributed by atoms with Gasteiger partial charge in [-0.05, 0) is 25.0 Å². The Morgan fingerprint density at radius 2 is 2.06 bits per heavy atom. The number of unbranched alkanes of at least 4 members (excludes halogenated alkanes) is 1. The topological polar surface area (TPSA) is 20.3 Å². The second-order valence-corrected chi connectivity index (χ2v) is 4.34. The molecule has 1 rings (SSSR count). The maximum Gasteiger partial charge on any atom is 0.226 e. The van der Waals surface area contributed by atoms with Crippen molar-refractivity contribution in [1.82, 2.24) is 0 Å². The fraction of sp³-hybridized carbons (Fsp3) is 0.417. The summed E-state index contributed by atoms with van der Waals surface area (Å²) in [7, 11) is 1.61. The lowest BCUT2D eigenvalue weighted by molar-refractivity contribution is -0.118. The Hall–Kier alpha value is -0.900. The molecule has 0 aliphatic carbocycles. The van der Waals surface area contributed by atoms with Crippen LogP contribution in [0, 0.1) is 5.82 Å². The van der Waals surface area contributed by atoms with E-state index in [0.717, 1.165) is 18.2 Å². The van der Waals surface area contributed by atoms with Gasteiger partial charge in [0.25, 0.3) is 0 Å². The fourth-order valence-electron chi connectivity index (χ4n) is 1.40. The zero-order valence-corrected chi connectivity index (χ0v) is 10.8. The van der Waals surface area contributed by atoms with Crippen LogP contribution in [0.25, 0.3) is 0 Å². The van der Waals surface area contributed by atoms with Crippen molar-refractivity contribution in [2.24, 2.45) is 0 Å². The Labute approximate surface area is 104 Å². The van der Waals surface area contributed by atoms with Gasteiger partial charge in [0, 0.05) is 18.8 Å². The van der Waals surface area contributed by atoms with Crippen LogP contribution in [0.2, 0.25) is 0 Å². The van der Waals surface area contributed by atoms with Crippen molar-refractivity contribution in [2.75, 3.05) is 17.3 Å². The van der Waals surface area contributed by atoms with Crippen LogP contribution in [0.3, 0.4) is 0 Å². The summed E-state index contributed by atoms with van der Waals surface area (Å²) < 4.78 is 13.4. The predicted molar refractivity (Wildman–Crippen MR) is 67.5 cm³/mol. The molecule has 0 aliphatic rings. The number of alkyl halides is 1. The molecule has 16 heavy (non-hydrogen) atoms. The molecule has 0 N–H and O–H groups in total. The third-order valence-electron chi connectivity index (χ3n) is 2.36. The number of halogens is 2. The van der Waals surface area contributed by atoms with Gasteiger partial charge in [-0.1, -0.05) is 28.1 Å². The highest BCUT2D eigenvalue weighted by Gasteiger charge is 2.13. The summed E-state index contributed by atoms with van der Waals surface area (Å²) in [4.78, 5) is 13.1. The van der Waals surface area contributed by atoms with Crippen LogP contribution in [0.1, 0.15) is 19.3 Å². The van der Waals surface area contributed by atoms with Crippen LogP contribution >= 0.6 is 15.9 Å². The van der Waals surface area contributed by atoms with Crippen LogP contribution in [0.5, 0.6) is 0 Å². The van der Waals surface area contributed by atoms with E-state index in [9.17, 15) is 9.18 Å². The van der Waals surface area contributed by atoms with Crippen molar-refractivity contribution >= 4 is 27.5 Å². The first-order valence-corrected chi connectivity index (χ1v) is 6.36. The van der Waals surface area contributed by atoms with E-state index in [4.69, 9.17) is 0 Å². The summed E-state index contributed by atoms with van der Waals surface area (Å²) in [5.41, 5.74) is 0.339. The first kappa shape index (κ1) is 13.2. The van der Waals surface area contributed by atoms with Gasteiger partial charge < -0.3 is 4.90 Å². The molecule has 2 nitrogen and oxygen atoms in total. The summed E-state index contributed by atoms with van der Waals surface area (Å²) in [6.07, 6.45) is 2.23. The lowest BCUT2D eigenvalue weighted by Crippen LogP contribution is -2.26. The van der Waals surface area contributed by atoms with Crippen LogP contribution < -0.4 is 4.90 Å². The number of carbonyl (C=O) groups is 1. The molecule has 0 heterocycles. The Balaban J connectivity index is 2.60. The molecule has 1 aromatic carbocycles. The number of amides is 1. The van der Waals surface area contributed by atoms with Gasteiger partial charge in [0.05, 0.1) is 5.69 Å². The lowest BCUT2D eigenvalue weighted by Gasteiger charge is -2.17. The average Bonchev–Trinajstić information content (AvgIpc) is 2.29. The number of rotatable bonds is 5. The van der Waals surface area contributed by atoms with Crippen molar-refractivity contribution in [2.45, 2.75) is 19.3 Å². The highest BCUT2D eigenvalue weighted by Crippen LogP contribution is 2.18. The van der Waals surface area contributed by atoms with Crippen molar-refractivity contribution in [3.63, 3.8) is 0 Å². The molecule has 0 saturated heterocycles. The first-order chi connectivity index (χ1) is 7.66. The molecule has 0 atom stereocenters. The second kappa shape index (κ2) is 6.63. The summed E-state index contributed by atoms with van der Waals surface area (Å²) >= 11 is 3.31. The van der Waals surface area contributed by atoms with Gasteiger partial charge >= 0.3 is 0 Å². The zero-order chi connectivity index (χ0) is 12.0. The number of hydrogen-bond acceptors (Lipinski definition) is 1. The minimum atomic E-state index is -0.362. The van der Waals surface area contributed by atoms with E-state index in [2.05, 4.69) is 15.9 Å². The highest BCUT2D eigenvalue weighted by atomic mass is 79.9. The summed E-state index contributed by atoms with van der Waals surface area (Å²) in [5, 5.41) is 0.893. The molecular formula is C12H15BrFNO. The molecule has 0 aliphatic heterocycles. The molecule has 0 aromatic heterocycles. The van der Waals surface area contributed by atoms with Gasteiger partial charge in [-0.25, -0.2) is 4.39 Å². The number of anilines is 1. The van der Waals surface area contributed by atoms with Crippen LogP contribution in [0.4, 0.5) is 10.1 Å². The molecular weight excluding hydrogens is 273 g/mol. The van der Waals surface area contributed by atoms with Gasteiger partial charge in [-0.15, -0.1) is 0 Å². The summed E-state index contributed by atoms with van der Waals surface area (Å²) in [6, 6.07) is 6.30. The minimum absolute atomic E-state index is 0.0500. The molecule has 4 heteroatoms. The molecule has 0 spiro atoms. The zero-order valence-electron chi connectivity index (χ0n) is 9.25. The Kier molecular flexibility index (Phi) is 5.46. The van der Waals surface area contributed by atoms with Crippen molar-refractivity contribution in [3.8, 4) is 0 Å². The molecule has 1 aromatic rings. The van der Waals surface area contributed by atoms with Gasteiger partial charge in [-0.3, -0.25) is 4.79 Å². The monoisotopic (exact) mass is 287 g/mol. The van der Waals surface area contributed by atoms with Gasteiger partial charge in [0.2, 0.25) is 5.91 Å². The normalized spacial score (nSPS) is 10.2. The predicted octanol–water partition coefficient (Wildman–Crippen LogP) is 3.35. The maximum atomic E-state index is 13.4. The number of nitrogens with zero attached hydrogens (tertiary/aromatic N) is 1. The van der Waals surface area contributed by atoms with E-state index in [1.807, 2.05) is 0 Å². The average molecular weight is 288 g/mol. The molecule has 0 radical (unpaired) electrons. The van der Waals surface area contributed by atoms with E-state index in [0.29, 0.717) is 12.1 Å². The molecule has 0 fully saturated rings. The Morgan fingerprint density at radius 1 is 1.38 bits per heavy atom. The van der Waals surface area contributed by atoms with Crippen LogP contribution in [-0.2, 0) is 4.79 Å². The van der Waals surface area contributed by atoms with Crippen LogP contribution in [0.15, 0.2) is 24.3 Å². The smallest absolute Gasteiger partial charge is 0.226 e. The van der Waals surface area contributed by atoms with Gasteiger partial charge in [-0.2, -0.15) is 0 Å². The fourth-order valence-corrected chi connectivity index (χ4v) is 1.79. The number of benzene rings is 1. The minimum Gasteiger partial charge on any atom is -0.313 e. The Morgan fingerprint density at radius 3 is 2.69 bits per heavy atom. The second-order valence-electron chi connectivity index (χ2n) is 3.55.